The van der Waals surface area contributed by atoms with Crippen molar-refractivity contribution in [1.82, 2.24) is 0 Å². The summed E-state index contributed by atoms with van der Waals surface area (Å²) in [5.41, 5.74) is 1.80. The van der Waals surface area contributed by atoms with E-state index < -0.39 is 0 Å². The van der Waals surface area contributed by atoms with Crippen LogP contribution in [0.4, 0.5) is 11.4 Å². The SMILES string of the molecule is COCC(=O)Nc1ccc(NC(=O)c2ccc(OC)cc2)cc1. The van der Waals surface area contributed by atoms with Crippen LogP contribution in [0.25, 0.3) is 0 Å². The highest BCUT2D eigenvalue weighted by molar-refractivity contribution is 6.04. The Morgan fingerprint density at radius 3 is 1.96 bits per heavy atom. The van der Waals surface area contributed by atoms with Gasteiger partial charge in [0.15, 0.2) is 0 Å². The molecule has 0 heterocycles. The number of amides is 2. The van der Waals surface area contributed by atoms with E-state index in [1.807, 2.05) is 0 Å². The van der Waals surface area contributed by atoms with Crippen molar-refractivity contribution in [1.29, 1.82) is 0 Å². The molecule has 2 aromatic carbocycles. The van der Waals surface area contributed by atoms with Gasteiger partial charge in [0.05, 0.1) is 7.11 Å². The van der Waals surface area contributed by atoms with Gasteiger partial charge in [-0.05, 0) is 48.5 Å². The third kappa shape index (κ3) is 4.82. The van der Waals surface area contributed by atoms with Gasteiger partial charge in [0.2, 0.25) is 5.91 Å². The predicted molar refractivity (Wildman–Crippen MR) is 87.9 cm³/mol. The fourth-order valence-electron chi connectivity index (χ4n) is 1.91. The Morgan fingerprint density at radius 1 is 0.870 bits per heavy atom. The van der Waals surface area contributed by atoms with Crippen LogP contribution in [0.2, 0.25) is 0 Å². The maximum absolute atomic E-state index is 12.1. The van der Waals surface area contributed by atoms with Gasteiger partial charge in [-0.2, -0.15) is 0 Å². The van der Waals surface area contributed by atoms with Crippen molar-refractivity contribution in [3.63, 3.8) is 0 Å². The molecule has 0 radical (unpaired) electrons. The van der Waals surface area contributed by atoms with E-state index in [0.29, 0.717) is 22.7 Å². The van der Waals surface area contributed by atoms with Crippen molar-refractivity contribution in [2.75, 3.05) is 31.5 Å². The number of hydrogen-bond acceptors (Lipinski definition) is 4. The van der Waals surface area contributed by atoms with E-state index in [9.17, 15) is 9.59 Å². The number of rotatable bonds is 6. The van der Waals surface area contributed by atoms with Crippen LogP contribution in [0.5, 0.6) is 5.75 Å². The summed E-state index contributed by atoms with van der Waals surface area (Å²) < 4.78 is 9.79. The van der Waals surface area contributed by atoms with Gasteiger partial charge in [-0.1, -0.05) is 0 Å². The third-order valence-corrected chi connectivity index (χ3v) is 3.05. The first kappa shape index (κ1) is 16.5. The molecule has 0 unspecified atom stereocenters. The van der Waals surface area contributed by atoms with Crippen molar-refractivity contribution in [3.8, 4) is 5.75 Å². The van der Waals surface area contributed by atoms with Crippen LogP contribution in [0.1, 0.15) is 10.4 Å². The van der Waals surface area contributed by atoms with Crippen molar-refractivity contribution in [3.05, 3.63) is 54.1 Å². The molecule has 0 spiro atoms. The molecule has 2 N–H and O–H groups in total. The smallest absolute Gasteiger partial charge is 0.255 e. The number of carbonyl (C=O) groups excluding carboxylic acids is 2. The van der Waals surface area contributed by atoms with Crippen molar-refractivity contribution in [2.24, 2.45) is 0 Å². The van der Waals surface area contributed by atoms with Crippen LogP contribution in [0.3, 0.4) is 0 Å². The molecule has 0 bridgehead atoms. The van der Waals surface area contributed by atoms with Gasteiger partial charge in [0.1, 0.15) is 12.4 Å². The molecule has 0 aliphatic heterocycles. The average Bonchev–Trinajstić information content (AvgIpc) is 2.57. The summed E-state index contributed by atoms with van der Waals surface area (Å²) in [5.74, 6) is 0.240. The monoisotopic (exact) mass is 314 g/mol. The van der Waals surface area contributed by atoms with E-state index in [1.165, 1.54) is 7.11 Å². The molecule has 2 aromatic rings. The molecule has 6 nitrogen and oxygen atoms in total. The second-order valence-corrected chi connectivity index (χ2v) is 4.74. The first-order valence-electron chi connectivity index (χ1n) is 6.96. The normalized spacial score (nSPS) is 10.0. The second kappa shape index (κ2) is 7.95. The summed E-state index contributed by atoms with van der Waals surface area (Å²) in [6.07, 6.45) is 0. The van der Waals surface area contributed by atoms with Crippen molar-refractivity contribution < 1.29 is 19.1 Å². The minimum Gasteiger partial charge on any atom is -0.497 e. The Labute approximate surface area is 134 Å². The number of methoxy groups -OCH3 is 2. The van der Waals surface area contributed by atoms with E-state index in [0.717, 1.165) is 0 Å². The van der Waals surface area contributed by atoms with E-state index in [-0.39, 0.29) is 18.4 Å². The van der Waals surface area contributed by atoms with Gasteiger partial charge >= 0.3 is 0 Å². The molecule has 0 aliphatic rings. The first-order valence-corrected chi connectivity index (χ1v) is 6.96. The number of ether oxygens (including phenoxy) is 2. The summed E-state index contributed by atoms with van der Waals surface area (Å²) in [5, 5.41) is 5.46. The number of benzene rings is 2. The van der Waals surface area contributed by atoms with Gasteiger partial charge in [0, 0.05) is 24.0 Å². The van der Waals surface area contributed by atoms with Gasteiger partial charge in [-0.25, -0.2) is 0 Å². The Kier molecular flexibility index (Phi) is 5.71. The molecule has 6 heteroatoms. The number of hydrogen-bond donors (Lipinski definition) is 2. The molecule has 23 heavy (non-hydrogen) atoms. The van der Waals surface area contributed by atoms with Crippen molar-refractivity contribution >= 4 is 23.2 Å². The van der Waals surface area contributed by atoms with Crippen LogP contribution >= 0.6 is 0 Å². The summed E-state index contributed by atoms with van der Waals surface area (Å²) in [6, 6.07) is 13.7. The Bertz CT molecular complexity index is 666. The Balaban J connectivity index is 1.96. The molecule has 2 rings (SSSR count). The molecule has 0 saturated heterocycles. The molecular weight excluding hydrogens is 296 g/mol. The molecule has 0 fully saturated rings. The standard InChI is InChI=1S/C17H18N2O4/c1-22-11-16(20)18-13-5-7-14(8-6-13)19-17(21)12-3-9-15(23-2)10-4-12/h3-10H,11H2,1-2H3,(H,18,20)(H,19,21). The van der Waals surface area contributed by atoms with Crippen LogP contribution in [-0.4, -0.2) is 32.6 Å². The lowest BCUT2D eigenvalue weighted by atomic mass is 10.2. The molecule has 2 amide bonds. The fraction of sp³-hybridized carbons (Fsp3) is 0.176. The zero-order chi connectivity index (χ0) is 16.7. The molecular formula is C17H18N2O4. The van der Waals surface area contributed by atoms with Gasteiger partial charge in [-0.15, -0.1) is 0 Å². The minimum absolute atomic E-state index is 0.00401. The predicted octanol–water partition coefficient (Wildman–Crippen LogP) is 2.53. The molecule has 0 aromatic heterocycles. The van der Waals surface area contributed by atoms with Crippen LogP contribution in [-0.2, 0) is 9.53 Å². The molecule has 120 valence electrons. The van der Waals surface area contributed by atoms with Crippen molar-refractivity contribution in [2.45, 2.75) is 0 Å². The largest absolute Gasteiger partial charge is 0.497 e. The van der Waals surface area contributed by atoms with E-state index >= 15 is 0 Å². The number of nitrogens with one attached hydrogen (secondary N) is 2. The van der Waals surface area contributed by atoms with E-state index in [1.54, 1.807) is 55.6 Å². The second-order valence-electron chi connectivity index (χ2n) is 4.74. The highest BCUT2D eigenvalue weighted by atomic mass is 16.5. The first-order chi connectivity index (χ1) is 11.1. The maximum Gasteiger partial charge on any atom is 0.255 e. The topological polar surface area (TPSA) is 76.7 Å². The Hall–Kier alpha value is -2.86. The quantitative estimate of drug-likeness (QED) is 0.859. The van der Waals surface area contributed by atoms with E-state index in [4.69, 9.17) is 9.47 Å². The molecule has 0 atom stereocenters. The lowest BCUT2D eigenvalue weighted by molar-refractivity contribution is -0.119. The highest BCUT2D eigenvalue weighted by Crippen LogP contribution is 2.16. The van der Waals surface area contributed by atoms with Gasteiger partial charge in [0.25, 0.3) is 5.91 Å². The summed E-state index contributed by atoms with van der Waals surface area (Å²) >= 11 is 0. The third-order valence-electron chi connectivity index (χ3n) is 3.05. The average molecular weight is 314 g/mol. The number of anilines is 2. The summed E-state index contributed by atoms with van der Waals surface area (Å²) in [7, 11) is 3.03. The van der Waals surface area contributed by atoms with E-state index in [2.05, 4.69) is 10.6 Å². The zero-order valence-electron chi connectivity index (χ0n) is 13.0. The molecule has 0 aliphatic carbocycles. The van der Waals surface area contributed by atoms with Crippen LogP contribution in [0.15, 0.2) is 48.5 Å². The highest BCUT2D eigenvalue weighted by Gasteiger charge is 2.07. The maximum atomic E-state index is 12.1. The van der Waals surface area contributed by atoms with Crippen LogP contribution < -0.4 is 15.4 Å². The zero-order valence-corrected chi connectivity index (χ0v) is 13.0. The number of carbonyl (C=O) groups is 2. The minimum atomic E-state index is -0.234. The Morgan fingerprint density at radius 2 is 1.43 bits per heavy atom. The lowest BCUT2D eigenvalue weighted by Gasteiger charge is -2.08. The summed E-state index contributed by atoms with van der Waals surface area (Å²) in [6.45, 7) is -0.00401. The van der Waals surface area contributed by atoms with Gasteiger partial charge < -0.3 is 20.1 Å². The lowest BCUT2D eigenvalue weighted by Crippen LogP contribution is -2.17. The van der Waals surface area contributed by atoms with Gasteiger partial charge in [-0.3, -0.25) is 9.59 Å². The summed E-state index contributed by atoms with van der Waals surface area (Å²) in [4.78, 5) is 23.5. The molecule has 0 saturated carbocycles. The fourth-order valence-corrected chi connectivity index (χ4v) is 1.91. The van der Waals surface area contributed by atoms with Crippen LogP contribution in [0, 0.1) is 0 Å².